The lowest BCUT2D eigenvalue weighted by Crippen LogP contribution is -2.38. The van der Waals surface area contributed by atoms with Crippen molar-refractivity contribution in [2.75, 3.05) is 6.54 Å². The van der Waals surface area contributed by atoms with Gasteiger partial charge in [-0.15, -0.1) is 11.3 Å². The van der Waals surface area contributed by atoms with Crippen LogP contribution in [0.25, 0.3) is 0 Å². The summed E-state index contributed by atoms with van der Waals surface area (Å²) in [7, 11) is 0. The zero-order valence-electron chi connectivity index (χ0n) is 12.3. The number of nitrogens with zero attached hydrogens (tertiary/aromatic N) is 1. The summed E-state index contributed by atoms with van der Waals surface area (Å²) in [5.41, 5.74) is 0.973. The molecule has 4 nitrogen and oxygen atoms in total. The number of carbonyl (C=O) groups is 2. The fraction of sp³-hybridized carbons (Fsp3) is 0.600. The van der Waals surface area contributed by atoms with Gasteiger partial charge < -0.3 is 10.0 Å². The van der Waals surface area contributed by atoms with E-state index in [0.29, 0.717) is 34.5 Å². The number of halogens is 2. The van der Waals surface area contributed by atoms with Gasteiger partial charge in [0, 0.05) is 19.0 Å². The average molecular weight is 364 g/mol. The third kappa shape index (κ3) is 4.86. The molecular formula is C15H19Cl2NO3S. The van der Waals surface area contributed by atoms with Crippen LogP contribution in [-0.4, -0.2) is 34.5 Å². The second kappa shape index (κ2) is 7.66. The van der Waals surface area contributed by atoms with Crippen molar-refractivity contribution < 1.29 is 14.7 Å². The molecule has 122 valence electrons. The Labute approximate surface area is 144 Å². The van der Waals surface area contributed by atoms with Crippen molar-refractivity contribution in [3.8, 4) is 0 Å². The first kappa shape index (κ1) is 17.6. The molecule has 7 heteroatoms. The van der Waals surface area contributed by atoms with Gasteiger partial charge in [0.1, 0.15) is 0 Å². The summed E-state index contributed by atoms with van der Waals surface area (Å²) in [6.45, 7) is 1.93. The monoisotopic (exact) mass is 363 g/mol. The highest BCUT2D eigenvalue weighted by Crippen LogP contribution is 2.32. The van der Waals surface area contributed by atoms with Gasteiger partial charge in [0.25, 0.3) is 0 Å². The third-order valence-electron chi connectivity index (χ3n) is 3.76. The van der Waals surface area contributed by atoms with Crippen LogP contribution in [0.3, 0.4) is 0 Å². The van der Waals surface area contributed by atoms with Crippen molar-refractivity contribution in [3.63, 3.8) is 0 Å². The summed E-state index contributed by atoms with van der Waals surface area (Å²) in [6.07, 6.45) is 3.76. The molecule has 1 N–H and O–H groups in total. The highest BCUT2D eigenvalue weighted by Gasteiger charge is 2.34. The Morgan fingerprint density at radius 3 is 2.64 bits per heavy atom. The Bertz CT molecular complexity index is 557. The van der Waals surface area contributed by atoms with Gasteiger partial charge in [-0.2, -0.15) is 0 Å². The van der Waals surface area contributed by atoms with Crippen LogP contribution >= 0.6 is 34.5 Å². The Hall–Kier alpha value is -0.780. The van der Waals surface area contributed by atoms with Crippen LogP contribution in [0.2, 0.25) is 8.67 Å². The van der Waals surface area contributed by atoms with Crippen molar-refractivity contribution >= 4 is 46.4 Å². The summed E-state index contributed by atoms with van der Waals surface area (Å²) in [5.74, 6) is -1.36. The molecule has 0 bridgehead atoms. The van der Waals surface area contributed by atoms with Gasteiger partial charge in [-0.05, 0) is 37.3 Å². The molecule has 22 heavy (non-hydrogen) atoms. The molecule has 1 aliphatic rings. The van der Waals surface area contributed by atoms with E-state index in [1.165, 1.54) is 11.3 Å². The minimum absolute atomic E-state index is 0.0352. The van der Waals surface area contributed by atoms with E-state index in [9.17, 15) is 9.59 Å². The first-order valence-corrected chi connectivity index (χ1v) is 8.91. The molecule has 0 radical (unpaired) electrons. The highest BCUT2D eigenvalue weighted by atomic mass is 35.5. The smallest absolute Gasteiger partial charge is 0.308 e. The van der Waals surface area contributed by atoms with Crippen molar-refractivity contribution in [2.24, 2.45) is 5.92 Å². The number of carbonyl (C=O) groups excluding carboxylic acids is 1. The van der Waals surface area contributed by atoms with Gasteiger partial charge in [-0.3, -0.25) is 9.59 Å². The number of rotatable bonds is 8. The van der Waals surface area contributed by atoms with Crippen molar-refractivity contribution in [2.45, 2.75) is 45.1 Å². The lowest BCUT2D eigenvalue weighted by Gasteiger charge is -2.24. The molecule has 0 aliphatic heterocycles. The standard InChI is InChI=1S/C15H19Cl2NO3S/c1-9(15(20)21)8-18(11-5-6-11)13(19)4-2-3-10-7-12(16)22-14(10)17/h7,9,11H,2-6,8H2,1H3,(H,20,21). The van der Waals surface area contributed by atoms with E-state index in [0.717, 1.165) is 18.4 Å². The molecule has 1 unspecified atom stereocenters. The molecule has 2 rings (SSSR count). The molecule has 0 aromatic carbocycles. The number of carboxylic acid groups (broad SMARTS) is 1. The van der Waals surface area contributed by atoms with E-state index in [4.69, 9.17) is 28.3 Å². The van der Waals surface area contributed by atoms with Crippen LogP contribution in [0, 0.1) is 5.92 Å². The Morgan fingerprint density at radius 2 is 2.14 bits per heavy atom. The van der Waals surface area contributed by atoms with E-state index in [1.807, 2.05) is 6.07 Å². The van der Waals surface area contributed by atoms with Gasteiger partial charge in [-0.1, -0.05) is 30.1 Å². The van der Waals surface area contributed by atoms with E-state index >= 15 is 0 Å². The number of thiophene rings is 1. The molecule has 1 aromatic rings. The topological polar surface area (TPSA) is 57.6 Å². The third-order valence-corrected chi connectivity index (χ3v) is 5.33. The summed E-state index contributed by atoms with van der Waals surface area (Å²) in [4.78, 5) is 25.1. The van der Waals surface area contributed by atoms with E-state index < -0.39 is 11.9 Å². The maximum Gasteiger partial charge on any atom is 0.308 e. The first-order chi connectivity index (χ1) is 10.4. The van der Waals surface area contributed by atoms with Gasteiger partial charge in [-0.25, -0.2) is 0 Å². The van der Waals surface area contributed by atoms with E-state index in [-0.39, 0.29) is 11.9 Å². The number of carboxylic acids is 1. The predicted octanol–water partition coefficient (Wildman–Crippen LogP) is 4.09. The Balaban J connectivity index is 1.83. The van der Waals surface area contributed by atoms with Crippen LogP contribution in [0.1, 0.15) is 38.2 Å². The average Bonchev–Trinajstić information content (AvgIpc) is 3.22. The molecule has 0 spiro atoms. The molecule has 1 aliphatic carbocycles. The zero-order valence-corrected chi connectivity index (χ0v) is 14.7. The van der Waals surface area contributed by atoms with Gasteiger partial charge in [0.2, 0.25) is 5.91 Å². The second-order valence-electron chi connectivity index (χ2n) is 5.72. The summed E-state index contributed by atoms with van der Waals surface area (Å²) in [6, 6.07) is 2.07. The first-order valence-electron chi connectivity index (χ1n) is 7.34. The number of hydrogen-bond donors (Lipinski definition) is 1. The van der Waals surface area contributed by atoms with Crippen molar-refractivity contribution in [1.29, 1.82) is 0 Å². The molecule has 1 aromatic heterocycles. The maximum atomic E-state index is 12.3. The highest BCUT2D eigenvalue weighted by molar-refractivity contribution is 7.20. The quantitative estimate of drug-likeness (QED) is 0.756. The summed E-state index contributed by atoms with van der Waals surface area (Å²) < 4.78 is 1.33. The van der Waals surface area contributed by atoms with Crippen LogP contribution in [-0.2, 0) is 16.0 Å². The van der Waals surface area contributed by atoms with Crippen LogP contribution in [0.5, 0.6) is 0 Å². The SMILES string of the molecule is CC(CN(C(=O)CCCc1cc(Cl)sc1Cl)C1CC1)C(=O)O. The maximum absolute atomic E-state index is 12.3. The predicted molar refractivity (Wildman–Crippen MR) is 88.8 cm³/mol. The van der Waals surface area contributed by atoms with E-state index in [2.05, 4.69) is 0 Å². The molecule has 1 heterocycles. The van der Waals surface area contributed by atoms with Gasteiger partial charge in [0.05, 0.1) is 14.6 Å². The molecule has 1 fully saturated rings. The van der Waals surface area contributed by atoms with Crippen LogP contribution < -0.4 is 0 Å². The Kier molecular flexibility index (Phi) is 6.12. The molecule has 0 saturated heterocycles. The van der Waals surface area contributed by atoms with Crippen molar-refractivity contribution in [3.05, 3.63) is 20.3 Å². The van der Waals surface area contributed by atoms with Crippen LogP contribution in [0.4, 0.5) is 0 Å². The molecule has 1 amide bonds. The number of aliphatic carboxylic acids is 1. The lowest BCUT2D eigenvalue weighted by molar-refractivity contribution is -0.143. The normalized spacial score (nSPS) is 15.6. The number of amides is 1. The molecular weight excluding hydrogens is 345 g/mol. The minimum Gasteiger partial charge on any atom is -0.481 e. The number of hydrogen-bond acceptors (Lipinski definition) is 3. The zero-order chi connectivity index (χ0) is 16.3. The largest absolute Gasteiger partial charge is 0.481 e. The van der Waals surface area contributed by atoms with Crippen LogP contribution in [0.15, 0.2) is 6.07 Å². The fourth-order valence-corrected chi connectivity index (χ4v) is 3.88. The van der Waals surface area contributed by atoms with E-state index in [1.54, 1.807) is 11.8 Å². The molecule has 1 saturated carbocycles. The minimum atomic E-state index is -0.863. The fourth-order valence-electron chi connectivity index (χ4n) is 2.33. The Morgan fingerprint density at radius 1 is 1.45 bits per heavy atom. The lowest BCUT2D eigenvalue weighted by atomic mass is 10.1. The number of aryl methyl sites for hydroxylation is 1. The summed E-state index contributed by atoms with van der Waals surface area (Å²) in [5, 5.41) is 9.01. The molecule has 1 atom stereocenters. The summed E-state index contributed by atoms with van der Waals surface area (Å²) >= 11 is 13.3. The van der Waals surface area contributed by atoms with Gasteiger partial charge in [0.15, 0.2) is 0 Å². The van der Waals surface area contributed by atoms with Gasteiger partial charge >= 0.3 is 5.97 Å². The second-order valence-corrected chi connectivity index (χ2v) is 8.01. The van der Waals surface area contributed by atoms with Crippen molar-refractivity contribution in [1.82, 2.24) is 4.90 Å².